The van der Waals surface area contributed by atoms with Crippen LogP contribution in [0, 0.1) is 13.8 Å². The molecule has 1 N–H and O–H groups in total. The van der Waals surface area contributed by atoms with Crippen molar-refractivity contribution in [2.45, 2.75) is 59.3 Å². The van der Waals surface area contributed by atoms with E-state index in [9.17, 15) is 4.79 Å². The second kappa shape index (κ2) is 14.4. The van der Waals surface area contributed by atoms with Crippen LogP contribution >= 0.6 is 34.9 Å². The number of fused-ring (bicyclic) bond motifs is 1. The molecule has 1 aromatic heterocycles. The number of aromatic nitrogens is 1. The van der Waals surface area contributed by atoms with Gasteiger partial charge in [0.1, 0.15) is 0 Å². The highest BCUT2D eigenvalue weighted by Crippen LogP contribution is 2.40. The minimum Gasteiger partial charge on any atom is -0.312 e. The van der Waals surface area contributed by atoms with E-state index in [1.54, 1.807) is 18.0 Å². The van der Waals surface area contributed by atoms with Crippen LogP contribution in [0.2, 0.25) is 5.02 Å². The Balaban J connectivity index is 0.000000956. The number of hydrogen-bond acceptors (Lipinski definition) is 5. The average Bonchev–Trinajstić information content (AvgIpc) is 3.49. The third-order valence-electron chi connectivity index (χ3n) is 5.80. The minimum atomic E-state index is -0.0969. The third kappa shape index (κ3) is 7.40. The number of anilines is 2. The predicted molar refractivity (Wildman–Crippen MR) is 167 cm³/mol. The summed E-state index contributed by atoms with van der Waals surface area (Å²) in [5, 5.41) is 4.20. The van der Waals surface area contributed by atoms with Crippen molar-refractivity contribution in [3.63, 3.8) is 0 Å². The molecule has 0 fully saturated rings. The van der Waals surface area contributed by atoms with Gasteiger partial charge in [-0.05, 0) is 79.2 Å². The molecule has 0 aliphatic carbocycles. The Morgan fingerprint density at radius 3 is 2.53 bits per heavy atom. The number of nitrogens with one attached hydrogen (secondary N) is 1. The van der Waals surface area contributed by atoms with Crippen LogP contribution < -0.4 is 9.62 Å². The molecule has 7 heteroatoms. The number of halogens is 1. The number of carbonyl (C=O) groups excluding carboxylic acids is 1. The Hall–Kier alpha value is -2.80. The normalized spacial score (nSPS) is 11.6. The van der Waals surface area contributed by atoms with Crippen molar-refractivity contribution in [2.24, 2.45) is 0 Å². The summed E-state index contributed by atoms with van der Waals surface area (Å²) in [5.41, 5.74) is 6.78. The molecular formula is C31H36ClN3OS2. The Bertz CT molecular complexity index is 1370. The van der Waals surface area contributed by atoms with Gasteiger partial charge in [0.15, 0.2) is 5.13 Å². The molecule has 0 bridgehead atoms. The highest BCUT2D eigenvalue weighted by molar-refractivity contribution is 8.00. The smallest absolute Gasteiger partial charge is 0.230 e. The number of nitrogens with zero attached hydrogens (tertiary/aromatic N) is 2. The molecule has 0 unspecified atom stereocenters. The van der Waals surface area contributed by atoms with Crippen LogP contribution in [0.3, 0.4) is 0 Å². The molecule has 1 amide bonds. The highest BCUT2D eigenvalue weighted by Gasteiger charge is 2.22. The first kappa shape index (κ1) is 29.8. The molecule has 0 saturated carbocycles. The summed E-state index contributed by atoms with van der Waals surface area (Å²) >= 11 is 9.34. The van der Waals surface area contributed by atoms with Crippen LogP contribution in [0.1, 0.15) is 49.3 Å². The quantitative estimate of drug-likeness (QED) is 0.236. The number of aryl methyl sites for hydroxylation is 2. The molecule has 0 atom stereocenters. The Morgan fingerprint density at radius 2 is 1.79 bits per heavy atom. The van der Waals surface area contributed by atoms with Crippen molar-refractivity contribution in [1.82, 2.24) is 4.98 Å². The van der Waals surface area contributed by atoms with Crippen molar-refractivity contribution in [3.05, 3.63) is 93.3 Å². The van der Waals surface area contributed by atoms with Crippen LogP contribution in [-0.2, 0) is 17.6 Å². The van der Waals surface area contributed by atoms with Gasteiger partial charge in [-0.2, -0.15) is 0 Å². The van der Waals surface area contributed by atoms with E-state index in [1.165, 1.54) is 33.0 Å². The fraction of sp³-hybridized carbons (Fsp3) is 0.290. The minimum absolute atomic E-state index is 0.0969. The molecule has 38 heavy (non-hydrogen) atoms. The summed E-state index contributed by atoms with van der Waals surface area (Å²) in [6.07, 6.45) is 1.27. The highest BCUT2D eigenvalue weighted by atomic mass is 35.5. The van der Waals surface area contributed by atoms with E-state index in [1.807, 2.05) is 52.8 Å². The number of thiazole rings is 1. The van der Waals surface area contributed by atoms with E-state index < -0.39 is 0 Å². The maximum absolute atomic E-state index is 12.5. The number of rotatable bonds is 6. The van der Waals surface area contributed by atoms with Gasteiger partial charge in [0.2, 0.25) is 5.91 Å². The van der Waals surface area contributed by atoms with Gasteiger partial charge >= 0.3 is 0 Å². The zero-order valence-corrected chi connectivity index (χ0v) is 25.4. The predicted octanol–water partition coefficient (Wildman–Crippen LogP) is 9.38. The number of benzene rings is 3. The number of hydrogen-bond donors (Lipinski definition) is 1. The molecule has 4 nitrogen and oxygen atoms in total. The fourth-order valence-electron chi connectivity index (χ4n) is 4.10. The lowest BCUT2D eigenvalue weighted by Gasteiger charge is -2.19. The lowest BCUT2D eigenvalue weighted by molar-refractivity contribution is -0.115. The topological polar surface area (TPSA) is 45.2 Å². The van der Waals surface area contributed by atoms with Crippen molar-refractivity contribution < 1.29 is 4.79 Å². The van der Waals surface area contributed by atoms with Gasteiger partial charge in [-0.15, -0.1) is 11.3 Å². The second-order valence-electron chi connectivity index (χ2n) is 8.33. The van der Waals surface area contributed by atoms with Crippen LogP contribution in [0.15, 0.2) is 71.6 Å². The molecule has 2 heterocycles. The van der Waals surface area contributed by atoms with E-state index in [4.69, 9.17) is 16.6 Å². The van der Waals surface area contributed by atoms with Crippen molar-refractivity contribution in [2.75, 3.05) is 16.2 Å². The van der Waals surface area contributed by atoms with E-state index in [-0.39, 0.29) is 12.3 Å². The zero-order valence-electron chi connectivity index (χ0n) is 23.0. The molecule has 0 saturated heterocycles. The van der Waals surface area contributed by atoms with Gasteiger partial charge in [0, 0.05) is 26.9 Å². The summed E-state index contributed by atoms with van der Waals surface area (Å²) < 4.78 is 2.37. The molecule has 200 valence electrons. The second-order valence-corrected chi connectivity index (χ2v) is 11.0. The molecule has 5 rings (SSSR count). The summed E-state index contributed by atoms with van der Waals surface area (Å²) in [7, 11) is 0. The summed E-state index contributed by atoms with van der Waals surface area (Å²) in [6, 6.07) is 22.4. The first-order valence-corrected chi connectivity index (χ1v) is 15.1. The van der Waals surface area contributed by atoms with Gasteiger partial charge < -0.3 is 9.62 Å². The van der Waals surface area contributed by atoms with Crippen LogP contribution in [0.4, 0.5) is 10.8 Å². The van der Waals surface area contributed by atoms with E-state index in [0.29, 0.717) is 10.2 Å². The van der Waals surface area contributed by atoms with Crippen LogP contribution in [-0.4, -0.2) is 17.4 Å². The number of amides is 1. The zero-order chi connectivity index (χ0) is 27.7. The van der Waals surface area contributed by atoms with Gasteiger partial charge in [-0.1, -0.05) is 75.7 Å². The lowest BCUT2D eigenvalue weighted by atomic mass is 10.1. The SMILES string of the molecule is CC.CC.Cc1ccccc1SN1CCc2cc(-c3nc(NC(=O)Cc4cccc(Cl)c4)sc3C)ccc21. The maximum atomic E-state index is 12.5. The Labute approximate surface area is 240 Å². The first-order valence-electron chi connectivity index (χ1n) is 13.1. The Kier molecular flexibility index (Phi) is 11.3. The molecule has 1 aliphatic rings. The maximum Gasteiger partial charge on any atom is 0.230 e. The Morgan fingerprint density at radius 1 is 1.03 bits per heavy atom. The molecular weight excluding hydrogens is 530 g/mol. The van der Waals surface area contributed by atoms with Crippen LogP contribution in [0.5, 0.6) is 0 Å². The molecule has 1 aliphatic heterocycles. The van der Waals surface area contributed by atoms with Crippen LogP contribution in [0.25, 0.3) is 11.3 Å². The molecule has 3 aromatic carbocycles. The largest absolute Gasteiger partial charge is 0.312 e. The average molecular weight is 566 g/mol. The monoisotopic (exact) mass is 565 g/mol. The fourth-order valence-corrected chi connectivity index (χ4v) is 6.22. The van der Waals surface area contributed by atoms with Gasteiger partial charge in [-0.3, -0.25) is 4.79 Å². The standard InChI is InChI=1S/C27H24ClN3OS2.2C2H6/c1-17-6-3-4-9-24(17)34-31-13-12-20-16-21(10-11-23(20)31)26-18(2)33-27(30-26)29-25(32)15-19-7-5-8-22(28)14-19;2*1-2/h3-11,14,16H,12-13,15H2,1-2H3,(H,29,30,32);2*1-2H3. The van der Waals surface area contributed by atoms with E-state index in [2.05, 4.69) is 59.0 Å². The van der Waals surface area contributed by atoms with E-state index in [0.717, 1.165) is 34.7 Å². The van der Waals surface area contributed by atoms with Crippen molar-refractivity contribution >= 4 is 51.6 Å². The third-order valence-corrected chi connectivity index (χ3v) is 8.18. The van der Waals surface area contributed by atoms with Gasteiger partial charge in [0.25, 0.3) is 0 Å². The first-order chi connectivity index (χ1) is 18.5. The van der Waals surface area contributed by atoms with Crippen molar-refractivity contribution in [3.8, 4) is 11.3 Å². The van der Waals surface area contributed by atoms with Crippen molar-refractivity contribution in [1.29, 1.82) is 0 Å². The summed E-state index contributed by atoms with van der Waals surface area (Å²) in [4.78, 5) is 19.6. The summed E-state index contributed by atoms with van der Waals surface area (Å²) in [5.74, 6) is -0.0969. The molecule has 4 aromatic rings. The number of carbonyl (C=O) groups is 1. The summed E-state index contributed by atoms with van der Waals surface area (Å²) in [6.45, 7) is 13.2. The molecule has 0 radical (unpaired) electrons. The van der Waals surface area contributed by atoms with E-state index >= 15 is 0 Å². The van der Waals surface area contributed by atoms with Gasteiger partial charge in [-0.25, -0.2) is 4.98 Å². The van der Waals surface area contributed by atoms with Gasteiger partial charge in [0.05, 0.1) is 17.8 Å². The lowest BCUT2D eigenvalue weighted by Crippen LogP contribution is -2.14. The molecule has 0 spiro atoms.